The van der Waals surface area contributed by atoms with Crippen molar-refractivity contribution in [1.29, 1.82) is 0 Å². The predicted octanol–water partition coefficient (Wildman–Crippen LogP) is 1.70. The molecule has 1 aliphatic rings. The van der Waals surface area contributed by atoms with Crippen LogP contribution in [0.15, 0.2) is 47.6 Å². The lowest BCUT2D eigenvalue weighted by molar-refractivity contribution is 0.0977. The van der Waals surface area contributed by atoms with E-state index in [1.807, 2.05) is 27.9 Å². The normalized spacial score (nSPS) is 15.3. The molecule has 3 aromatic rings. The Kier molecular flexibility index (Phi) is 6.11. The Hall–Kier alpha value is -3.77. The third kappa shape index (κ3) is 4.49. The van der Waals surface area contributed by atoms with Gasteiger partial charge in [-0.1, -0.05) is 13.8 Å². The van der Waals surface area contributed by atoms with Gasteiger partial charge in [0.25, 0.3) is 5.91 Å². The lowest BCUT2D eigenvalue weighted by Gasteiger charge is -2.36. The molecule has 2 aromatic heterocycles. The number of hydrogen-bond donors (Lipinski definition) is 3. The minimum atomic E-state index is -3.83. The standard InChI is InChI=1S/C23H27N7O4S/c1-23(2)13-30(35(33,34)15-6-5-9-25-11-15)12-18-19(23)27-28-21(18)26-22(32)16-8-7-14(29(3)4)10-17(16)20(24)31/h5-11H,12-13H2,1-4H3,(H2,24,31)(H2,26,27,28,32). The Morgan fingerprint density at radius 3 is 2.57 bits per heavy atom. The van der Waals surface area contributed by atoms with Crippen molar-refractivity contribution in [3.8, 4) is 0 Å². The number of rotatable bonds is 6. The van der Waals surface area contributed by atoms with Crippen molar-refractivity contribution in [2.75, 3.05) is 30.9 Å². The number of nitrogens with two attached hydrogens (primary N) is 1. The molecule has 2 amide bonds. The highest BCUT2D eigenvalue weighted by Gasteiger charge is 2.41. The molecular formula is C23H27N7O4S. The maximum absolute atomic E-state index is 13.3. The number of carbonyl (C=O) groups excluding carboxylic acids is 2. The van der Waals surface area contributed by atoms with Crippen LogP contribution in [0.3, 0.4) is 0 Å². The SMILES string of the molecule is CN(C)c1ccc(C(=O)Nc2n[nH]c3c2CN(S(=O)(=O)c2cccnc2)CC3(C)C)c(C(N)=O)c1. The van der Waals surface area contributed by atoms with Gasteiger partial charge < -0.3 is 16.0 Å². The molecule has 4 rings (SSSR count). The predicted molar refractivity (Wildman–Crippen MR) is 131 cm³/mol. The molecule has 0 saturated heterocycles. The summed E-state index contributed by atoms with van der Waals surface area (Å²) in [4.78, 5) is 31.0. The highest BCUT2D eigenvalue weighted by atomic mass is 32.2. The summed E-state index contributed by atoms with van der Waals surface area (Å²) < 4.78 is 27.9. The molecule has 0 fully saturated rings. The third-order valence-electron chi connectivity index (χ3n) is 5.98. The molecule has 0 saturated carbocycles. The van der Waals surface area contributed by atoms with Crippen LogP contribution in [0, 0.1) is 0 Å². The van der Waals surface area contributed by atoms with E-state index in [0.717, 1.165) is 5.69 Å². The van der Waals surface area contributed by atoms with E-state index in [1.165, 1.54) is 28.8 Å². The van der Waals surface area contributed by atoms with E-state index in [0.29, 0.717) is 11.3 Å². The highest BCUT2D eigenvalue weighted by Crippen LogP contribution is 2.37. The number of primary amides is 1. The Balaban J connectivity index is 1.68. The topological polar surface area (TPSA) is 154 Å². The number of aromatic amines is 1. The molecule has 0 aliphatic carbocycles. The fourth-order valence-corrected chi connectivity index (χ4v) is 5.67. The van der Waals surface area contributed by atoms with Gasteiger partial charge in [0.1, 0.15) is 4.90 Å². The highest BCUT2D eigenvalue weighted by molar-refractivity contribution is 7.89. The number of pyridine rings is 1. The molecule has 11 nitrogen and oxygen atoms in total. The molecule has 4 N–H and O–H groups in total. The van der Waals surface area contributed by atoms with Crippen LogP contribution in [0.25, 0.3) is 0 Å². The van der Waals surface area contributed by atoms with Gasteiger partial charge in [0.2, 0.25) is 15.9 Å². The smallest absolute Gasteiger partial charge is 0.257 e. The average Bonchev–Trinajstić information content (AvgIpc) is 3.22. The van der Waals surface area contributed by atoms with Crippen LogP contribution >= 0.6 is 0 Å². The number of sulfonamides is 1. The largest absolute Gasteiger partial charge is 0.378 e. The van der Waals surface area contributed by atoms with Gasteiger partial charge in [-0.2, -0.15) is 9.40 Å². The molecule has 35 heavy (non-hydrogen) atoms. The lowest BCUT2D eigenvalue weighted by atomic mass is 9.84. The van der Waals surface area contributed by atoms with Gasteiger partial charge in [-0.25, -0.2) is 8.42 Å². The first-order valence-electron chi connectivity index (χ1n) is 10.8. The van der Waals surface area contributed by atoms with Crippen LogP contribution in [0.2, 0.25) is 0 Å². The number of H-pyrrole nitrogens is 1. The van der Waals surface area contributed by atoms with Crippen molar-refractivity contribution in [1.82, 2.24) is 19.5 Å². The van der Waals surface area contributed by atoms with E-state index in [-0.39, 0.29) is 34.9 Å². The van der Waals surface area contributed by atoms with Gasteiger partial charge in [-0.3, -0.25) is 19.7 Å². The van der Waals surface area contributed by atoms with Crippen LogP contribution in [0.4, 0.5) is 11.5 Å². The van der Waals surface area contributed by atoms with Crippen molar-refractivity contribution in [2.45, 2.75) is 30.7 Å². The quantitative estimate of drug-likeness (QED) is 0.468. The van der Waals surface area contributed by atoms with Gasteiger partial charge in [0, 0.05) is 61.9 Å². The molecular weight excluding hydrogens is 470 g/mol. The number of anilines is 2. The Morgan fingerprint density at radius 1 is 1.20 bits per heavy atom. The van der Waals surface area contributed by atoms with Crippen molar-refractivity contribution in [3.05, 3.63) is 65.1 Å². The van der Waals surface area contributed by atoms with Crippen molar-refractivity contribution in [3.63, 3.8) is 0 Å². The van der Waals surface area contributed by atoms with Crippen molar-refractivity contribution < 1.29 is 18.0 Å². The number of hydrogen-bond acceptors (Lipinski definition) is 7. The monoisotopic (exact) mass is 497 g/mol. The summed E-state index contributed by atoms with van der Waals surface area (Å²) in [7, 11) is -0.214. The summed E-state index contributed by atoms with van der Waals surface area (Å²) >= 11 is 0. The maximum Gasteiger partial charge on any atom is 0.257 e. The molecule has 1 aromatic carbocycles. The fourth-order valence-electron chi connectivity index (χ4n) is 4.14. The minimum Gasteiger partial charge on any atom is -0.378 e. The summed E-state index contributed by atoms with van der Waals surface area (Å²) in [5, 5.41) is 9.93. The van der Waals surface area contributed by atoms with Crippen molar-refractivity contribution in [2.24, 2.45) is 5.73 Å². The molecule has 0 radical (unpaired) electrons. The average molecular weight is 498 g/mol. The van der Waals surface area contributed by atoms with E-state index in [4.69, 9.17) is 5.73 Å². The van der Waals surface area contributed by atoms with Crippen LogP contribution in [-0.2, 0) is 22.0 Å². The number of aromatic nitrogens is 3. The van der Waals surface area contributed by atoms with E-state index < -0.39 is 27.3 Å². The van der Waals surface area contributed by atoms with Gasteiger partial charge in [0.05, 0.1) is 11.1 Å². The molecule has 184 valence electrons. The molecule has 1 aliphatic heterocycles. The van der Waals surface area contributed by atoms with Crippen LogP contribution in [-0.4, -0.2) is 60.4 Å². The number of amides is 2. The summed E-state index contributed by atoms with van der Waals surface area (Å²) in [6.07, 6.45) is 2.81. The van der Waals surface area contributed by atoms with Crippen LogP contribution < -0.4 is 16.0 Å². The summed E-state index contributed by atoms with van der Waals surface area (Å²) in [6.45, 7) is 4.01. The Morgan fingerprint density at radius 2 is 1.94 bits per heavy atom. The number of fused-ring (bicyclic) bond motifs is 1. The summed E-state index contributed by atoms with van der Waals surface area (Å²) in [5.41, 5.74) is 7.07. The first-order chi connectivity index (χ1) is 16.4. The van der Waals surface area contributed by atoms with Crippen LogP contribution in [0.5, 0.6) is 0 Å². The first kappa shape index (κ1) is 24.4. The third-order valence-corrected chi connectivity index (χ3v) is 7.76. The lowest BCUT2D eigenvalue weighted by Crippen LogP contribution is -2.45. The summed E-state index contributed by atoms with van der Waals surface area (Å²) in [6, 6.07) is 7.82. The zero-order valence-corrected chi connectivity index (χ0v) is 20.7. The molecule has 0 unspecified atom stereocenters. The maximum atomic E-state index is 13.3. The van der Waals surface area contributed by atoms with E-state index in [1.54, 1.807) is 23.1 Å². The number of nitrogens with one attached hydrogen (secondary N) is 2. The van der Waals surface area contributed by atoms with E-state index >= 15 is 0 Å². The molecule has 0 atom stereocenters. The van der Waals surface area contributed by atoms with E-state index in [9.17, 15) is 18.0 Å². The number of carbonyl (C=O) groups is 2. The van der Waals surface area contributed by atoms with E-state index in [2.05, 4.69) is 20.5 Å². The second-order valence-corrected chi connectivity index (χ2v) is 11.2. The van der Waals surface area contributed by atoms with Gasteiger partial charge in [0.15, 0.2) is 5.82 Å². The fraction of sp³-hybridized carbons (Fsp3) is 0.304. The van der Waals surface area contributed by atoms with Gasteiger partial charge in [-0.15, -0.1) is 0 Å². The zero-order chi connectivity index (χ0) is 25.5. The number of nitrogens with zero attached hydrogens (tertiary/aromatic N) is 4. The Labute approximate surface area is 203 Å². The second kappa shape index (κ2) is 8.78. The first-order valence-corrected chi connectivity index (χ1v) is 12.3. The van der Waals surface area contributed by atoms with Crippen molar-refractivity contribution >= 4 is 33.3 Å². The zero-order valence-electron chi connectivity index (χ0n) is 19.9. The number of benzene rings is 1. The minimum absolute atomic E-state index is 0.00431. The van der Waals surface area contributed by atoms with Gasteiger partial charge in [-0.05, 0) is 30.3 Å². The molecule has 0 spiro atoms. The molecule has 0 bridgehead atoms. The molecule has 12 heteroatoms. The Bertz CT molecular complexity index is 1400. The summed E-state index contributed by atoms with van der Waals surface area (Å²) in [5.74, 6) is -1.13. The van der Waals surface area contributed by atoms with Crippen LogP contribution in [0.1, 0.15) is 45.8 Å². The second-order valence-electron chi connectivity index (χ2n) is 9.21. The molecule has 3 heterocycles. The van der Waals surface area contributed by atoms with Gasteiger partial charge >= 0.3 is 0 Å².